The number of carbonyl (C=O) groups excluding carboxylic acids is 1. The molecule has 4 unspecified atom stereocenters. The summed E-state index contributed by atoms with van der Waals surface area (Å²) in [4.78, 5) is 11.7. The molecular formula is C12H13F3O2. The fraction of sp³-hybridized carbons (Fsp3) is 0.750. The van der Waals surface area contributed by atoms with Crippen molar-refractivity contribution in [2.45, 2.75) is 31.5 Å². The van der Waals surface area contributed by atoms with Crippen molar-refractivity contribution in [3.8, 4) is 0 Å². The average molecular weight is 246 g/mol. The van der Waals surface area contributed by atoms with Crippen molar-refractivity contribution in [3.05, 3.63) is 11.6 Å². The Labute approximate surface area is 96.8 Å². The van der Waals surface area contributed by atoms with Gasteiger partial charge in [0.15, 0.2) is 11.9 Å². The number of halogens is 3. The highest BCUT2D eigenvalue weighted by molar-refractivity contribution is 5.96. The van der Waals surface area contributed by atoms with Gasteiger partial charge in [0.25, 0.3) is 0 Å². The number of hydrogen-bond donors (Lipinski definition) is 0. The Kier molecular flexibility index (Phi) is 2.37. The molecule has 0 N–H and O–H groups in total. The second kappa shape index (κ2) is 3.57. The van der Waals surface area contributed by atoms with E-state index in [1.165, 1.54) is 6.08 Å². The number of allylic oxidation sites excluding steroid dienone is 1. The highest BCUT2D eigenvalue weighted by atomic mass is 19.4. The third-order valence-corrected chi connectivity index (χ3v) is 4.21. The molecule has 0 aromatic heterocycles. The summed E-state index contributed by atoms with van der Waals surface area (Å²) in [6, 6.07) is 0. The normalized spacial score (nSPS) is 41.1. The molecule has 2 nitrogen and oxygen atoms in total. The molecule has 2 aliphatic carbocycles. The van der Waals surface area contributed by atoms with Crippen molar-refractivity contribution in [2.24, 2.45) is 17.8 Å². The van der Waals surface area contributed by atoms with Crippen LogP contribution in [0, 0.1) is 17.8 Å². The van der Waals surface area contributed by atoms with Gasteiger partial charge in [-0.25, -0.2) is 0 Å². The van der Waals surface area contributed by atoms with Crippen molar-refractivity contribution in [2.75, 3.05) is 6.61 Å². The maximum atomic E-state index is 12.9. The molecule has 1 saturated carbocycles. The highest BCUT2D eigenvalue weighted by Crippen LogP contribution is 2.51. The van der Waals surface area contributed by atoms with Crippen LogP contribution in [0.3, 0.4) is 0 Å². The number of carbonyl (C=O) groups is 1. The molecule has 1 heterocycles. The van der Waals surface area contributed by atoms with Gasteiger partial charge < -0.3 is 4.74 Å². The molecule has 0 bridgehead atoms. The first-order valence-corrected chi connectivity index (χ1v) is 5.91. The van der Waals surface area contributed by atoms with Crippen LogP contribution in [-0.2, 0) is 9.53 Å². The van der Waals surface area contributed by atoms with Gasteiger partial charge in [-0.2, -0.15) is 13.2 Å². The van der Waals surface area contributed by atoms with E-state index in [9.17, 15) is 18.0 Å². The maximum absolute atomic E-state index is 12.9. The van der Waals surface area contributed by atoms with Gasteiger partial charge in [-0.3, -0.25) is 4.79 Å². The van der Waals surface area contributed by atoms with E-state index in [0.717, 1.165) is 12.0 Å². The summed E-state index contributed by atoms with van der Waals surface area (Å²) in [6.07, 6.45) is -2.56. The smallest absolute Gasteiger partial charge is 0.364 e. The maximum Gasteiger partial charge on any atom is 0.414 e. The Morgan fingerprint density at radius 2 is 2.06 bits per heavy atom. The number of rotatable bonds is 0. The van der Waals surface area contributed by atoms with Crippen LogP contribution in [0.1, 0.15) is 19.3 Å². The summed E-state index contributed by atoms with van der Waals surface area (Å²) in [5, 5.41) is 0. The Morgan fingerprint density at radius 3 is 2.76 bits per heavy atom. The van der Waals surface area contributed by atoms with Crippen LogP contribution in [0.15, 0.2) is 11.6 Å². The van der Waals surface area contributed by atoms with Crippen LogP contribution < -0.4 is 0 Å². The molecule has 94 valence electrons. The van der Waals surface area contributed by atoms with Crippen LogP contribution in [0.25, 0.3) is 0 Å². The number of ketones is 1. The quantitative estimate of drug-likeness (QED) is 0.656. The van der Waals surface area contributed by atoms with Crippen molar-refractivity contribution in [1.29, 1.82) is 0 Å². The number of hydrogen-bond acceptors (Lipinski definition) is 2. The minimum atomic E-state index is -4.32. The van der Waals surface area contributed by atoms with E-state index < -0.39 is 18.2 Å². The zero-order valence-electron chi connectivity index (χ0n) is 9.17. The minimum absolute atomic E-state index is 0.00104. The Bertz CT molecular complexity index is 386. The molecule has 3 aliphatic rings. The molecule has 2 fully saturated rings. The largest absolute Gasteiger partial charge is 0.414 e. The lowest BCUT2D eigenvalue weighted by molar-refractivity contribution is -0.251. The fourth-order valence-electron chi connectivity index (χ4n) is 3.59. The predicted molar refractivity (Wildman–Crippen MR) is 53.2 cm³/mol. The van der Waals surface area contributed by atoms with Gasteiger partial charge in [0.1, 0.15) is 0 Å². The third kappa shape index (κ3) is 1.63. The van der Waals surface area contributed by atoms with Gasteiger partial charge >= 0.3 is 6.18 Å². The fourth-order valence-corrected chi connectivity index (χ4v) is 3.59. The molecular weight excluding hydrogens is 233 g/mol. The van der Waals surface area contributed by atoms with E-state index in [0.29, 0.717) is 12.8 Å². The van der Waals surface area contributed by atoms with E-state index in [1.54, 1.807) is 0 Å². The molecule has 0 radical (unpaired) electrons. The first-order chi connectivity index (χ1) is 7.98. The van der Waals surface area contributed by atoms with E-state index in [-0.39, 0.29) is 24.2 Å². The van der Waals surface area contributed by atoms with Gasteiger partial charge in [-0.1, -0.05) is 6.42 Å². The summed E-state index contributed by atoms with van der Waals surface area (Å²) in [7, 11) is 0. The lowest BCUT2D eigenvalue weighted by atomic mass is 9.68. The van der Waals surface area contributed by atoms with Gasteiger partial charge in [0, 0.05) is 11.8 Å². The summed E-state index contributed by atoms with van der Waals surface area (Å²) >= 11 is 0. The zero-order chi connectivity index (χ0) is 12.2. The van der Waals surface area contributed by atoms with E-state index in [2.05, 4.69) is 0 Å². The van der Waals surface area contributed by atoms with Crippen molar-refractivity contribution >= 4 is 5.78 Å². The molecule has 0 amide bonds. The van der Waals surface area contributed by atoms with Crippen molar-refractivity contribution in [3.63, 3.8) is 0 Å². The van der Waals surface area contributed by atoms with Gasteiger partial charge in [-0.05, 0) is 30.4 Å². The van der Waals surface area contributed by atoms with E-state index in [1.807, 2.05) is 0 Å². The molecule has 17 heavy (non-hydrogen) atoms. The van der Waals surface area contributed by atoms with Gasteiger partial charge in [-0.15, -0.1) is 0 Å². The monoisotopic (exact) mass is 246 g/mol. The Balaban J connectivity index is 1.93. The standard InChI is InChI=1S/C12H13F3O2/c13-12(14,15)11-8-3-1-2-7-9(16)4-6(5-17-11)10(7)8/h4,7-8,10-11H,1-3,5H2. The van der Waals surface area contributed by atoms with Crippen LogP contribution in [-0.4, -0.2) is 24.7 Å². The van der Waals surface area contributed by atoms with Gasteiger partial charge in [0.05, 0.1) is 6.61 Å². The minimum Gasteiger partial charge on any atom is -0.364 e. The third-order valence-electron chi connectivity index (χ3n) is 4.21. The molecule has 0 spiro atoms. The van der Waals surface area contributed by atoms with E-state index >= 15 is 0 Å². The predicted octanol–water partition coefficient (Wildman–Crippen LogP) is 2.49. The molecule has 5 heteroatoms. The number of alkyl halides is 3. The molecule has 0 aromatic carbocycles. The SMILES string of the molecule is O=C1C=C2COC(C(F)(F)F)C3CCCC1C23. The van der Waals surface area contributed by atoms with E-state index in [4.69, 9.17) is 4.74 Å². The molecule has 1 aliphatic heterocycles. The summed E-state index contributed by atoms with van der Waals surface area (Å²) in [5.41, 5.74) is 0.783. The van der Waals surface area contributed by atoms with Crippen LogP contribution >= 0.6 is 0 Å². The topological polar surface area (TPSA) is 26.3 Å². The first kappa shape index (κ1) is 11.3. The Hall–Kier alpha value is -0.840. The molecule has 4 atom stereocenters. The number of ether oxygens (including phenoxy) is 1. The van der Waals surface area contributed by atoms with Gasteiger partial charge in [0.2, 0.25) is 0 Å². The molecule has 1 saturated heterocycles. The highest BCUT2D eigenvalue weighted by Gasteiger charge is 2.56. The second-order valence-electron chi connectivity index (χ2n) is 5.12. The summed E-state index contributed by atoms with van der Waals surface area (Å²) in [5.74, 6) is -0.976. The lowest BCUT2D eigenvalue weighted by Gasteiger charge is -2.43. The Morgan fingerprint density at radius 1 is 1.29 bits per heavy atom. The zero-order valence-corrected chi connectivity index (χ0v) is 9.17. The molecule has 0 aromatic rings. The molecule has 3 rings (SSSR count). The van der Waals surface area contributed by atoms with Crippen LogP contribution in [0.4, 0.5) is 13.2 Å². The second-order valence-corrected chi connectivity index (χ2v) is 5.12. The first-order valence-electron chi connectivity index (χ1n) is 5.91. The average Bonchev–Trinajstić information content (AvgIpc) is 2.57. The van der Waals surface area contributed by atoms with Crippen molar-refractivity contribution < 1.29 is 22.7 Å². The lowest BCUT2D eigenvalue weighted by Crippen LogP contribution is -2.49. The summed E-state index contributed by atoms with van der Waals surface area (Å²) in [6.45, 7) is -0.0341. The van der Waals surface area contributed by atoms with Crippen molar-refractivity contribution in [1.82, 2.24) is 0 Å². The summed E-state index contributed by atoms with van der Waals surface area (Å²) < 4.78 is 43.5. The van der Waals surface area contributed by atoms with Crippen LogP contribution in [0.2, 0.25) is 0 Å². The van der Waals surface area contributed by atoms with Crippen LogP contribution in [0.5, 0.6) is 0 Å².